The molecule has 0 atom stereocenters. The van der Waals surface area contributed by atoms with E-state index in [2.05, 4.69) is 31.2 Å². The first-order valence-corrected chi connectivity index (χ1v) is 14.9. The number of hydrogen-bond donors (Lipinski definition) is 0. The lowest BCUT2D eigenvalue weighted by Gasteiger charge is -2.28. The van der Waals surface area contributed by atoms with E-state index in [1.807, 2.05) is 0 Å². The molecular weight excluding hydrogens is 520 g/mol. The highest BCUT2D eigenvalue weighted by molar-refractivity contribution is 6.30. The Bertz CT molecular complexity index is 1170. The summed E-state index contributed by atoms with van der Waals surface area (Å²) in [6.07, 6.45) is 12.5. The fraction of sp³-hybridized carbons (Fsp3) is 0.471. The zero-order valence-electron chi connectivity index (χ0n) is 22.9. The molecule has 0 amide bonds. The van der Waals surface area contributed by atoms with Crippen molar-refractivity contribution in [3.63, 3.8) is 0 Å². The van der Waals surface area contributed by atoms with Gasteiger partial charge in [0, 0.05) is 5.56 Å². The van der Waals surface area contributed by atoms with Gasteiger partial charge in [0.15, 0.2) is 0 Å². The second kappa shape index (κ2) is 14.3. The lowest BCUT2D eigenvalue weighted by molar-refractivity contribution is 0.253. The van der Waals surface area contributed by atoms with Gasteiger partial charge in [-0.2, -0.15) is 0 Å². The van der Waals surface area contributed by atoms with E-state index in [-0.39, 0.29) is 18.4 Å². The highest BCUT2D eigenvalue weighted by Gasteiger charge is 2.21. The Morgan fingerprint density at radius 3 is 1.54 bits per heavy atom. The first-order chi connectivity index (χ1) is 18.8. The Morgan fingerprint density at radius 2 is 1.03 bits per heavy atom. The number of benzene rings is 3. The van der Waals surface area contributed by atoms with Crippen molar-refractivity contribution >= 4 is 11.6 Å². The normalized spacial score (nSPS) is 17.5. The molecule has 0 unspecified atom stereocenters. The van der Waals surface area contributed by atoms with E-state index in [4.69, 9.17) is 11.6 Å². The second-order valence-electron chi connectivity index (χ2n) is 11.3. The third kappa shape index (κ3) is 8.58. The number of hydrogen-bond acceptors (Lipinski definition) is 0. The van der Waals surface area contributed by atoms with E-state index >= 15 is 0 Å². The van der Waals surface area contributed by atoms with Gasteiger partial charge in [0.25, 0.3) is 0 Å². The summed E-state index contributed by atoms with van der Waals surface area (Å²) in [5.41, 5.74) is 3.79. The summed E-state index contributed by atoms with van der Waals surface area (Å²) < 4.78 is 56.8. The minimum atomic E-state index is -0.871. The highest BCUT2D eigenvalue weighted by atomic mass is 35.5. The maximum atomic E-state index is 14.7. The van der Waals surface area contributed by atoms with Gasteiger partial charge in [-0.15, -0.1) is 0 Å². The molecule has 0 aromatic heterocycles. The summed E-state index contributed by atoms with van der Waals surface area (Å²) in [7, 11) is 0. The Kier molecular flexibility index (Phi) is 10.9. The van der Waals surface area contributed by atoms with Crippen LogP contribution in [0.5, 0.6) is 0 Å². The molecule has 0 aliphatic heterocycles. The monoisotopic (exact) mass is 558 g/mol. The summed E-state index contributed by atoms with van der Waals surface area (Å²) in [5, 5.41) is -0.572. The molecule has 39 heavy (non-hydrogen) atoms. The van der Waals surface area contributed by atoms with Crippen molar-refractivity contribution in [3.05, 3.63) is 105 Å². The molecule has 5 heteroatoms. The zero-order chi connectivity index (χ0) is 27.8. The maximum absolute atomic E-state index is 14.7. The molecule has 0 radical (unpaired) electrons. The van der Waals surface area contributed by atoms with Gasteiger partial charge in [-0.05, 0) is 110 Å². The molecule has 4 rings (SSSR count). The van der Waals surface area contributed by atoms with Crippen LogP contribution in [-0.2, 0) is 32.1 Å². The summed E-state index contributed by atoms with van der Waals surface area (Å²) in [6.45, 7) is 2.23. The van der Waals surface area contributed by atoms with Gasteiger partial charge in [0.05, 0.1) is 0 Å². The molecule has 0 saturated heterocycles. The molecule has 1 fully saturated rings. The summed E-state index contributed by atoms with van der Waals surface area (Å²) in [5.74, 6) is -1.57. The molecule has 0 spiro atoms. The fourth-order valence-corrected chi connectivity index (χ4v) is 5.97. The summed E-state index contributed by atoms with van der Waals surface area (Å²) in [6, 6.07) is 14.2. The van der Waals surface area contributed by atoms with Crippen LogP contribution in [0.2, 0.25) is 5.02 Å². The van der Waals surface area contributed by atoms with Gasteiger partial charge in [-0.25, -0.2) is 17.6 Å². The third-order valence-electron chi connectivity index (χ3n) is 8.40. The quantitative estimate of drug-likeness (QED) is 0.153. The van der Waals surface area contributed by atoms with Crippen LogP contribution >= 0.6 is 11.6 Å². The molecule has 0 N–H and O–H groups in total. The van der Waals surface area contributed by atoms with Crippen molar-refractivity contribution in [2.45, 2.75) is 90.4 Å². The van der Waals surface area contributed by atoms with Crippen LogP contribution < -0.4 is 0 Å². The zero-order valence-corrected chi connectivity index (χ0v) is 23.6. The van der Waals surface area contributed by atoms with Crippen LogP contribution in [0, 0.1) is 35.1 Å². The van der Waals surface area contributed by atoms with E-state index in [0.29, 0.717) is 23.5 Å². The van der Waals surface area contributed by atoms with Crippen molar-refractivity contribution < 1.29 is 17.6 Å². The third-order valence-corrected chi connectivity index (χ3v) is 8.76. The van der Waals surface area contributed by atoms with E-state index < -0.39 is 28.3 Å². The van der Waals surface area contributed by atoms with E-state index in [1.165, 1.54) is 74.6 Å². The molecule has 1 aliphatic rings. The average molecular weight is 559 g/mol. The molecule has 0 heterocycles. The fourth-order valence-electron chi connectivity index (χ4n) is 5.86. The van der Waals surface area contributed by atoms with Gasteiger partial charge in [-0.3, -0.25) is 0 Å². The molecule has 1 saturated carbocycles. The SMILES string of the molecule is CCCCc1ccc(CC[C@H]2CC[C@H](CCc3cc(F)c(CCc4cc(F)c(Cl)c(F)c4)c(F)c3)CC2)cc1. The minimum Gasteiger partial charge on any atom is -0.207 e. The predicted octanol–water partition coefficient (Wildman–Crippen LogP) is 10.4. The van der Waals surface area contributed by atoms with Gasteiger partial charge in [-0.1, -0.05) is 74.9 Å². The molecule has 0 bridgehead atoms. The number of aryl methyl sites for hydroxylation is 4. The van der Waals surface area contributed by atoms with Gasteiger partial charge in [0.2, 0.25) is 0 Å². The average Bonchev–Trinajstić information content (AvgIpc) is 2.93. The van der Waals surface area contributed by atoms with E-state index in [9.17, 15) is 17.6 Å². The minimum absolute atomic E-state index is 0.0193. The van der Waals surface area contributed by atoms with Crippen LogP contribution in [0.25, 0.3) is 0 Å². The molecular formula is C34H39ClF4. The lowest BCUT2D eigenvalue weighted by atomic mass is 9.77. The smallest absolute Gasteiger partial charge is 0.145 e. The Morgan fingerprint density at radius 1 is 0.590 bits per heavy atom. The first-order valence-electron chi connectivity index (χ1n) is 14.5. The molecule has 1 aliphatic carbocycles. The standard InChI is InChI=1S/C34H39ClF4/c1-2-3-4-23-5-7-24(8-6-23)9-10-25-11-13-26(14-12-25)15-16-27-19-30(36)29(31(37)20-27)18-17-28-21-32(38)34(35)33(39)22-28/h5-8,19-22,25-26H,2-4,9-18H2,1H3/t25-,26-. The topological polar surface area (TPSA) is 0 Å². The number of rotatable bonds is 12. The Hall–Kier alpha value is -2.33. The highest BCUT2D eigenvalue weighted by Crippen LogP contribution is 2.34. The van der Waals surface area contributed by atoms with Crippen LogP contribution in [0.3, 0.4) is 0 Å². The van der Waals surface area contributed by atoms with E-state index in [1.54, 1.807) is 0 Å². The predicted molar refractivity (Wildman–Crippen MR) is 152 cm³/mol. The summed E-state index contributed by atoms with van der Waals surface area (Å²) >= 11 is 5.51. The van der Waals surface area contributed by atoms with Crippen LogP contribution in [0.4, 0.5) is 17.6 Å². The van der Waals surface area contributed by atoms with Gasteiger partial charge < -0.3 is 0 Å². The lowest BCUT2D eigenvalue weighted by Crippen LogP contribution is -2.16. The van der Waals surface area contributed by atoms with Crippen molar-refractivity contribution in [3.8, 4) is 0 Å². The molecule has 3 aromatic rings. The number of halogens is 5. The second-order valence-corrected chi connectivity index (χ2v) is 11.7. The molecule has 0 nitrogen and oxygen atoms in total. The van der Waals surface area contributed by atoms with E-state index in [0.717, 1.165) is 30.9 Å². The van der Waals surface area contributed by atoms with Crippen molar-refractivity contribution in [1.82, 2.24) is 0 Å². The van der Waals surface area contributed by atoms with Crippen molar-refractivity contribution in [2.24, 2.45) is 11.8 Å². The van der Waals surface area contributed by atoms with Crippen molar-refractivity contribution in [1.29, 1.82) is 0 Å². The number of unbranched alkanes of at least 4 members (excludes halogenated alkanes) is 1. The Labute approximate surface area is 235 Å². The van der Waals surface area contributed by atoms with Crippen LogP contribution in [0.1, 0.15) is 86.1 Å². The largest absolute Gasteiger partial charge is 0.207 e. The maximum Gasteiger partial charge on any atom is 0.145 e. The van der Waals surface area contributed by atoms with Crippen molar-refractivity contribution in [2.75, 3.05) is 0 Å². The van der Waals surface area contributed by atoms with Gasteiger partial charge in [0.1, 0.15) is 28.3 Å². The molecule has 3 aromatic carbocycles. The summed E-state index contributed by atoms with van der Waals surface area (Å²) in [4.78, 5) is 0. The van der Waals surface area contributed by atoms with Crippen LogP contribution in [0.15, 0.2) is 48.5 Å². The van der Waals surface area contributed by atoms with Gasteiger partial charge >= 0.3 is 0 Å². The molecule has 210 valence electrons. The first kappa shape index (κ1) is 29.6. The Balaban J connectivity index is 1.20. The van der Waals surface area contributed by atoms with Crippen LogP contribution in [-0.4, -0.2) is 0 Å².